The van der Waals surface area contributed by atoms with E-state index in [9.17, 15) is 9.59 Å². The number of hydroxylamine groups is 2. The van der Waals surface area contributed by atoms with Gasteiger partial charge in [0.05, 0.1) is 17.7 Å². The first kappa shape index (κ1) is 15.8. The molecule has 1 aliphatic heterocycles. The van der Waals surface area contributed by atoms with Gasteiger partial charge in [-0.05, 0) is 24.6 Å². The number of carbonyl (C=O) groups excluding carboxylic acids is 2. The van der Waals surface area contributed by atoms with Gasteiger partial charge in [-0.3, -0.25) is 14.4 Å². The van der Waals surface area contributed by atoms with E-state index in [-0.39, 0.29) is 11.8 Å². The van der Waals surface area contributed by atoms with Gasteiger partial charge in [0.1, 0.15) is 0 Å². The lowest BCUT2D eigenvalue weighted by Gasteiger charge is -2.13. The Morgan fingerprint density at radius 1 is 0.957 bits per heavy atom. The first-order valence-corrected chi connectivity index (χ1v) is 8.56. The van der Waals surface area contributed by atoms with E-state index in [4.69, 9.17) is 4.84 Å². The Hall–Kier alpha value is -2.11. The number of nitrogens with zero attached hydrogens (tertiary/aromatic N) is 1. The van der Waals surface area contributed by atoms with Crippen LogP contribution in [0.25, 0.3) is 0 Å². The number of hydrogen-bond donors (Lipinski definition) is 0. The van der Waals surface area contributed by atoms with Crippen LogP contribution in [0.2, 0.25) is 0 Å². The van der Waals surface area contributed by atoms with E-state index < -0.39 is 0 Å². The quantitative estimate of drug-likeness (QED) is 0.602. The molecule has 1 aliphatic rings. The molecule has 23 heavy (non-hydrogen) atoms. The van der Waals surface area contributed by atoms with Crippen molar-refractivity contribution in [2.75, 3.05) is 12.4 Å². The lowest BCUT2D eigenvalue weighted by molar-refractivity contribution is -0.0852. The molecule has 0 N–H and O–H groups in total. The zero-order chi connectivity index (χ0) is 16.2. The van der Waals surface area contributed by atoms with E-state index in [1.165, 1.54) is 11.1 Å². The summed E-state index contributed by atoms with van der Waals surface area (Å²) >= 11 is 1.71. The van der Waals surface area contributed by atoms with Gasteiger partial charge in [-0.2, -0.15) is 11.8 Å². The number of imide groups is 1. The summed E-state index contributed by atoms with van der Waals surface area (Å²) in [7, 11) is 0. The monoisotopic (exact) mass is 327 g/mol. The molecule has 0 fully saturated rings. The Morgan fingerprint density at radius 2 is 1.57 bits per heavy atom. The van der Waals surface area contributed by atoms with E-state index in [1.54, 1.807) is 36.0 Å². The minimum atomic E-state index is -0.380. The molecule has 0 aliphatic carbocycles. The summed E-state index contributed by atoms with van der Waals surface area (Å²) in [4.78, 5) is 29.6. The Labute approximate surface area is 139 Å². The Morgan fingerprint density at radius 3 is 2.17 bits per heavy atom. The van der Waals surface area contributed by atoms with Crippen molar-refractivity contribution in [3.8, 4) is 0 Å². The average molecular weight is 327 g/mol. The molecule has 5 heteroatoms. The lowest BCUT2D eigenvalue weighted by atomic mass is 10.1. The third kappa shape index (κ3) is 3.46. The van der Waals surface area contributed by atoms with Crippen LogP contribution in [-0.4, -0.2) is 29.2 Å². The standard InChI is InChI=1S/C18H17NO3S/c1-13-6-8-14(9-7-13)12-23-11-10-22-19-17(20)15-4-2-3-5-16(15)18(19)21/h2-9H,10-12H2,1H3. The van der Waals surface area contributed by atoms with Crippen molar-refractivity contribution in [3.63, 3.8) is 0 Å². The van der Waals surface area contributed by atoms with Crippen LogP contribution in [0.5, 0.6) is 0 Å². The number of benzene rings is 2. The minimum Gasteiger partial charge on any atom is -0.266 e. The van der Waals surface area contributed by atoms with E-state index >= 15 is 0 Å². The van der Waals surface area contributed by atoms with Crippen LogP contribution >= 0.6 is 11.8 Å². The van der Waals surface area contributed by atoms with Crippen molar-refractivity contribution in [2.24, 2.45) is 0 Å². The zero-order valence-corrected chi connectivity index (χ0v) is 13.6. The fraction of sp³-hybridized carbons (Fsp3) is 0.222. The highest BCUT2D eigenvalue weighted by atomic mass is 32.2. The van der Waals surface area contributed by atoms with Gasteiger partial charge in [-0.25, -0.2) is 0 Å². The molecule has 0 saturated carbocycles. The highest BCUT2D eigenvalue weighted by Gasteiger charge is 2.36. The number of aryl methyl sites for hydroxylation is 1. The first-order chi connectivity index (χ1) is 11.2. The number of fused-ring (bicyclic) bond motifs is 1. The van der Waals surface area contributed by atoms with Crippen LogP contribution in [0.15, 0.2) is 48.5 Å². The molecule has 2 aromatic carbocycles. The maximum atomic E-state index is 12.1. The van der Waals surface area contributed by atoms with Crippen LogP contribution in [0.3, 0.4) is 0 Å². The van der Waals surface area contributed by atoms with Crippen molar-refractivity contribution in [3.05, 3.63) is 70.8 Å². The largest absolute Gasteiger partial charge is 0.285 e. The van der Waals surface area contributed by atoms with Crippen molar-refractivity contribution in [1.82, 2.24) is 5.06 Å². The van der Waals surface area contributed by atoms with Crippen LogP contribution < -0.4 is 0 Å². The Balaban J connectivity index is 1.46. The van der Waals surface area contributed by atoms with Gasteiger partial charge in [-0.15, -0.1) is 5.06 Å². The minimum absolute atomic E-state index is 0.321. The molecule has 4 nitrogen and oxygen atoms in total. The normalized spacial score (nSPS) is 13.5. The summed E-state index contributed by atoms with van der Waals surface area (Å²) in [6.07, 6.45) is 0. The van der Waals surface area contributed by atoms with Gasteiger partial charge >= 0.3 is 0 Å². The summed E-state index contributed by atoms with van der Waals surface area (Å²) in [5.74, 6) is 0.829. The van der Waals surface area contributed by atoms with Crippen LogP contribution in [0.4, 0.5) is 0 Å². The molecule has 0 atom stereocenters. The molecule has 0 saturated heterocycles. The maximum Gasteiger partial charge on any atom is 0.285 e. The Kier molecular flexibility index (Phi) is 4.79. The lowest BCUT2D eigenvalue weighted by Crippen LogP contribution is -2.30. The summed E-state index contributed by atoms with van der Waals surface area (Å²) in [5.41, 5.74) is 3.31. The number of thioether (sulfide) groups is 1. The van der Waals surface area contributed by atoms with Crippen molar-refractivity contribution < 1.29 is 14.4 Å². The highest BCUT2D eigenvalue weighted by Crippen LogP contribution is 2.22. The second-order valence-electron chi connectivity index (χ2n) is 5.32. The average Bonchev–Trinajstić information content (AvgIpc) is 2.81. The molecule has 0 spiro atoms. The fourth-order valence-electron chi connectivity index (χ4n) is 2.35. The van der Waals surface area contributed by atoms with E-state index in [0.29, 0.717) is 23.5 Å². The highest BCUT2D eigenvalue weighted by molar-refractivity contribution is 7.98. The van der Waals surface area contributed by atoms with Crippen LogP contribution in [-0.2, 0) is 10.6 Å². The number of amides is 2. The topological polar surface area (TPSA) is 46.6 Å². The van der Waals surface area contributed by atoms with Crippen LogP contribution in [0.1, 0.15) is 31.8 Å². The molecule has 3 rings (SSSR count). The fourth-order valence-corrected chi connectivity index (χ4v) is 3.11. The van der Waals surface area contributed by atoms with Gasteiger partial charge in [0.15, 0.2) is 0 Å². The molecular weight excluding hydrogens is 310 g/mol. The van der Waals surface area contributed by atoms with Gasteiger partial charge in [0.2, 0.25) is 0 Å². The number of rotatable bonds is 6. The van der Waals surface area contributed by atoms with Crippen molar-refractivity contribution in [2.45, 2.75) is 12.7 Å². The predicted molar refractivity (Wildman–Crippen MR) is 90.2 cm³/mol. The molecular formula is C18H17NO3S. The molecule has 2 aromatic rings. The molecule has 1 heterocycles. The SMILES string of the molecule is Cc1ccc(CSCCON2C(=O)c3ccccc3C2=O)cc1. The number of hydrogen-bond acceptors (Lipinski definition) is 4. The summed E-state index contributed by atoms with van der Waals surface area (Å²) in [6, 6.07) is 15.2. The van der Waals surface area contributed by atoms with Gasteiger partial charge in [-0.1, -0.05) is 42.0 Å². The van der Waals surface area contributed by atoms with Gasteiger partial charge < -0.3 is 0 Å². The first-order valence-electron chi connectivity index (χ1n) is 7.41. The number of carbonyl (C=O) groups is 2. The van der Waals surface area contributed by atoms with Gasteiger partial charge in [0.25, 0.3) is 11.8 Å². The second kappa shape index (κ2) is 6.98. The zero-order valence-electron chi connectivity index (χ0n) is 12.8. The molecule has 0 unspecified atom stereocenters. The Bertz CT molecular complexity index is 692. The van der Waals surface area contributed by atoms with Crippen molar-refractivity contribution >= 4 is 23.6 Å². The third-order valence-corrected chi connectivity index (χ3v) is 4.59. The van der Waals surface area contributed by atoms with E-state index in [1.807, 2.05) is 0 Å². The second-order valence-corrected chi connectivity index (χ2v) is 6.43. The van der Waals surface area contributed by atoms with Crippen molar-refractivity contribution in [1.29, 1.82) is 0 Å². The van der Waals surface area contributed by atoms with Crippen LogP contribution in [0, 0.1) is 6.92 Å². The predicted octanol–water partition coefficient (Wildman–Crippen LogP) is 3.46. The van der Waals surface area contributed by atoms with E-state index in [2.05, 4.69) is 31.2 Å². The molecule has 0 aromatic heterocycles. The summed E-state index contributed by atoms with van der Waals surface area (Å²) in [6.45, 7) is 2.38. The molecule has 2 amide bonds. The summed E-state index contributed by atoms with van der Waals surface area (Å²) in [5, 5.41) is 0.872. The smallest absolute Gasteiger partial charge is 0.266 e. The maximum absolute atomic E-state index is 12.1. The molecule has 0 bridgehead atoms. The summed E-state index contributed by atoms with van der Waals surface area (Å²) < 4.78 is 0. The van der Waals surface area contributed by atoms with E-state index in [0.717, 1.165) is 10.8 Å². The molecule has 118 valence electrons. The van der Waals surface area contributed by atoms with Gasteiger partial charge in [0, 0.05) is 11.5 Å². The third-order valence-electron chi connectivity index (χ3n) is 3.59. The molecule has 0 radical (unpaired) electrons.